The van der Waals surface area contributed by atoms with Gasteiger partial charge in [-0.3, -0.25) is 9.59 Å². The fourth-order valence-electron chi connectivity index (χ4n) is 1.97. The number of halogens is 2. The van der Waals surface area contributed by atoms with E-state index in [0.717, 1.165) is 30.5 Å². The van der Waals surface area contributed by atoms with Gasteiger partial charge in [-0.05, 0) is 35.0 Å². The maximum Gasteiger partial charge on any atom is 0.251 e. The number of pyridine rings is 1. The summed E-state index contributed by atoms with van der Waals surface area (Å²) in [6.45, 7) is 3.34. The van der Waals surface area contributed by atoms with Crippen molar-refractivity contribution in [3.05, 3.63) is 33.2 Å². The molecule has 1 aromatic heterocycles. The standard InChI is InChI=1S/C12H16BrN3O2.ClH/c13-10-2-3-11(17)16(8-10)9-12(18)15-6-1-4-14-5-7-15;/h2-3,8,14H,1,4-7,9H2;1H. The van der Waals surface area contributed by atoms with Gasteiger partial charge in [-0.25, -0.2) is 0 Å². The summed E-state index contributed by atoms with van der Waals surface area (Å²) < 4.78 is 2.23. The average molecular weight is 351 g/mol. The van der Waals surface area contributed by atoms with Crippen LogP contribution in [0, 0.1) is 0 Å². The smallest absolute Gasteiger partial charge is 0.251 e. The highest BCUT2D eigenvalue weighted by Crippen LogP contribution is 2.05. The number of rotatable bonds is 2. The summed E-state index contributed by atoms with van der Waals surface area (Å²) in [6.07, 6.45) is 2.61. The van der Waals surface area contributed by atoms with Crippen LogP contribution in [-0.4, -0.2) is 41.6 Å². The van der Waals surface area contributed by atoms with E-state index in [9.17, 15) is 9.59 Å². The van der Waals surface area contributed by atoms with Crippen molar-refractivity contribution in [2.45, 2.75) is 13.0 Å². The third-order valence-corrected chi connectivity index (χ3v) is 3.41. The number of carbonyl (C=O) groups excluding carboxylic acids is 1. The molecule has 7 heteroatoms. The lowest BCUT2D eigenvalue weighted by Crippen LogP contribution is -2.38. The van der Waals surface area contributed by atoms with Gasteiger partial charge < -0.3 is 14.8 Å². The fraction of sp³-hybridized carbons (Fsp3) is 0.500. The number of aromatic nitrogens is 1. The molecular formula is C12H17BrClN3O2. The van der Waals surface area contributed by atoms with Crippen LogP contribution >= 0.6 is 28.3 Å². The zero-order chi connectivity index (χ0) is 13.0. The van der Waals surface area contributed by atoms with Crippen LogP contribution in [0.5, 0.6) is 0 Å². The van der Waals surface area contributed by atoms with Gasteiger partial charge in [0.05, 0.1) is 0 Å². The second-order valence-electron chi connectivity index (χ2n) is 4.30. The molecule has 0 radical (unpaired) electrons. The highest BCUT2D eigenvalue weighted by atomic mass is 79.9. The van der Waals surface area contributed by atoms with E-state index in [1.165, 1.54) is 10.6 Å². The largest absolute Gasteiger partial charge is 0.340 e. The van der Waals surface area contributed by atoms with Gasteiger partial charge >= 0.3 is 0 Å². The molecule has 1 fully saturated rings. The summed E-state index contributed by atoms with van der Waals surface area (Å²) in [5.41, 5.74) is -0.153. The summed E-state index contributed by atoms with van der Waals surface area (Å²) in [5.74, 6) is -0.00102. The highest BCUT2D eigenvalue weighted by Gasteiger charge is 2.15. The third-order valence-electron chi connectivity index (χ3n) is 2.95. The normalized spacial score (nSPS) is 15.5. The van der Waals surface area contributed by atoms with Gasteiger partial charge in [0.2, 0.25) is 5.91 Å². The molecule has 0 bridgehead atoms. The van der Waals surface area contributed by atoms with E-state index >= 15 is 0 Å². The molecule has 1 amide bonds. The summed E-state index contributed by atoms with van der Waals surface area (Å²) in [6, 6.07) is 3.14. The van der Waals surface area contributed by atoms with Gasteiger partial charge in [0.1, 0.15) is 6.54 Å². The molecule has 19 heavy (non-hydrogen) atoms. The van der Waals surface area contributed by atoms with Gasteiger partial charge in [-0.15, -0.1) is 12.4 Å². The van der Waals surface area contributed by atoms with Crippen molar-refractivity contribution in [3.63, 3.8) is 0 Å². The van der Waals surface area contributed by atoms with Crippen LogP contribution in [0.1, 0.15) is 6.42 Å². The number of amides is 1. The molecule has 0 unspecified atom stereocenters. The molecule has 1 aliphatic rings. The Labute approximate surface area is 126 Å². The Balaban J connectivity index is 0.00000180. The summed E-state index contributed by atoms with van der Waals surface area (Å²) in [5, 5.41) is 3.25. The fourth-order valence-corrected chi connectivity index (χ4v) is 2.35. The highest BCUT2D eigenvalue weighted by molar-refractivity contribution is 9.10. The minimum atomic E-state index is -0.153. The number of nitrogens with one attached hydrogen (secondary N) is 1. The average Bonchev–Trinajstić information content (AvgIpc) is 2.62. The molecule has 0 spiro atoms. The lowest BCUT2D eigenvalue weighted by Gasteiger charge is -2.20. The first-order valence-corrected chi connectivity index (χ1v) is 6.80. The second-order valence-corrected chi connectivity index (χ2v) is 5.21. The first kappa shape index (κ1) is 16.2. The summed E-state index contributed by atoms with van der Waals surface area (Å²) >= 11 is 3.30. The predicted molar refractivity (Wildman–Crippen MR) is 79.7 cm³/mol. The van der Waals surface area contributed by atoms with E-state index in [-0.39, 0.29) is 30.4 Å². The monoisotopic (exact) mass is 349 g/mol. The Hall–Kier alpha value is -0.850. The van der Waals surface area contributed by atoms with Crippen molar-refractivity contribution in [3.8, 4) is 0 Å². The quantitative estimate of drug-likeness (QED) is 0.860. The van der Waals surface area contributed by atoms with Crippen molar-refractivity contribution >= 4 is 34.2 Å². The van der Waals surface area contributed by atoms with Crippen LogP contribution in [-0.2, 0) is 11.3 Å². The number of hydrogen-bond acceptors (Lipinski definition) is 3. The maximum atomic E-state index is 12.1. The summed E-state index contributed by atoms with van der Waals surface area (Å²) in [7, 11) is 0. The lowest BCUT2D eigenvalue weighted by atomic mass is 10.3. The van der Waals surface area contributed by atoms with Gasteiger partial charge in [-0.2, -0.15) is 0 Å². The first-order chi connectivity index (χ1) is 8.66. The maximum absolute atomic E-state index is 12.1. The number of carbonyl (C=O) groups is 1. The van der Waals surface area contributed by atoms with Gasteiger partial charge in [-0.1, -0.05) is 0 Å². The Morgan fingerprint density at radius 1 is 1.32 bits per heavy atom. The molecule has 5 nitrogen and oxygen atoms in total. The minimum absolute atomic E-state index is 0. The van der Waals surface area contributed by atoms with Crippen LogP contribution in [0.25, 0.3) is 0 Å². The van der Waals surface area contributed by atoms with Crippen molar-refractivity contribution in [2.75, 3.05) is 26.2 Å². The van der Waals surface area contributed by atoms with E-state index in [1.807, 2.05) is 4.90 Å². The molecule has 106 valence electrons. The molecule has 1 aliphatic heterocycles. The number of hydrogen-bond donors (Lipinski definition) is 1. The van der Waals surface area contributed by atoms with Crippen molar-refractivity contribution < 1.29 is 4.79 Å². The van der Waals surface area contributed by atoms with Gasteiger partial charge in [0, 0.05) is 36.4 Å². The topological polar surface area (TPSA) is 54.3 Å². The summed E-state index contributed by atoms with van der Waals surface area (Å²) in [4.78, 5) is 25.5. The van der Waals surface area contributed by atoms with Crippen molar-refractivity contribution in [1.82, 2.24) is 14.8 Å². The molecule has 2 heterocycles. The van der Waals surface area contributed by atoms with Crippen molar-refractivity contribution in [1.29, 1.82) is 0 Å². The van der Waals surface area contributed by atoms with Gasteiger partial charge in [0.15, 0.2) is 0 Å². The Kier molecular flexibility index (Phi) is 6.54. The lowest BCUT2D eigenvalue weighted by molar-refractivity contribution is -0.131. The van der Waals surface area contributed by atoms with E-state index in [4.69, 9.17) is 0 Å². The minimum Gasteiger partial charge on any atom is -0.340 e. The van der Waals surface area contributed by atoms with Crippen molar-refractivity contribution in [2.24, 2.45) is 0 Å². The van der Waals surface area contributed by atoms with Crippen LogP contribution in [0.3, 0.4) is 0 Å². The zero-order valence-corrected chi connectivity index (χ0v) is 12.9. The SMILES string of the molecule is Cl.O=C(Cn1cc(Br)ccc1=O)N1CCCNCC1. The molecule has 0 aromatic carbocycles. The molecule has 0 saturated carbocycles. The molecular weight excluding hydrogens is 334 g/mol. The van der Waals surface area contributed by atoms with Crippen LogP contribution < -0.4 is 10.9 Å². The molecule has 0 aliphatic carbocycles. The molecule has 0 atom stereocenters. The third kappa shape index (κ3) is 4.63. The van der Waals surface area contributed by atoms with E-state index < -0.39 is 0 Å². The van der Waals surface area contributed by atoms with E-state index in [1.54, 1.807) is 12.3 Å². The molecule has 2 rings (SSSR count). The molecule has 1 saturated heterocycles. The number of nitrogens with zero attached hydrogens (tertiary/aromatic N) is 2. The predicted octanol–water partition coefficient (Wildman–Crippen LogP) is 0.854. The van der Waals surface area contributed by atoms with E-state index in [2.05, 4.69) is 21.2 Å². The second kappa shape index (κ2) is 7.67. The molecule has 1 N–H and O–H groups in total. The van der Waals surface area contributed by atoms with Crippen LogP contribution in [0.4, 0.5) is 0 Å². The Morgan fingerprint density at radius 2 is 2.11 bits per heavy atom. The van der Waals surface area contributed by atoms with E-state index in [0.29, 0.717) is 6.54 Å². The zero-order valence-electron chi connectivity index (χ0n) is 10.5. The Morgan fingerprint density at radius 3 is 2.89 bits per heavy atom. The molecule has 1 aromatic rings. The van der Waals surface area contributed by atoms with Crippen LogP contribution in [0.15, 0.2) is 27.6 Å². The first-order valence-electron chi connectivity index (χ1n) is 6.01. The van der Waals surface area contributed by atoms with Gasteiger partial charge in [0.25, 0.3) is 5.56 Å². The van der Waals surface area contributed by atoms with Crippen LogP contribution in [0.2, 0.25) is 0 Å². The Bertz CT molecular complexity index is 484.